The number of carbonyl (C=O) groups is 2. The van der Waals surface area contributed by atoms with Crippen LogP contribution in [0.3, 0.4) is 0 Å². The van der Waals surface area contributed by atoms with E-state index in [1.165, 1.54) is 154 Å². The van der Waals surface area contributed by atoms with Crippen LogP contribution in [0.15, 0.2) is 24.3 Å². The second kappa shape index (κ2) is 45.0. The first-order valence-electron chi connectivity index (χ1n) is 24.3. The van der Waals surface area contributed by atoms with Crippen molar-refractivity contribution in [3.63, 3.8) is 0 Å². The molecule has 2 atom stereocenters. The number of carbonyl (C=O) groups excluding carboxylic acids is 2. The molecule has 58 heavy (non-hydrogen) atoms. The molecule has 342 valence electrons. The Bertz CT molecular complexity index is 1010. The van der Waals surface area contributed by atoms with Gasteiger partial charge in [-0.2, -0.15) is 0 Å². The summed E-state index contributed by atoms with van der Waals surface area (Å²) in [5, 5.41) is 2.83. The standard InChI is InChI=1S/C48H92NO8P/c1-4-6-8-10-12-14-16-18-20-22-23-25-27-29-31-33-35-37-39-41-48(51)57-46(45-56-58(52,53)55-43-42-49-3)44-54-47(50)40-38-36-34-32-30-28-26-24-21-19-17-15-13-11-9-7-5-2/h12,14,18,20,46,49H,4-11,13,15-17,19,21-45H2,1-3H3,(H,52,53)/b14-12-,20-18-. The summed E-state index contributed by atoms with van der Waals surface area (Å²) in [6, 6.07) is 0. The first kappa shape index (κ1) is 56.5. The molecule has 0 aromatic heterocycles. The summed E-state index contributed by atoms with van der Waals surface area (Å²) in [6.07, 6.45) is 47.9. The molecule has 0 aliphatic carbocycles. The molecule has 0 aliphatic heterocycles. The molecule has 0 heterocycles. The minimum atomic E-state index is -4.35. The van der Waals surface area contributed by atoms with Gasteiger partial charge in [-0.15, -0.1) is 0 Å². The number of nitrogens with one attached hydrogen (secondary N) is 1. The molecular weight excluding hydrogens is 750 g/mol. The van der Waals surface area contributed by atoms with Crippen molar-refractivity contribution in [2.75, 3.05) is 33.4 Å². The molecule has 0 rings (SSSR count). The lowest BCUT2D eigenvalue weighted by Crippen LogP contribution is -2.29. The second-order valence-electron chi connectivity index (χ2n) is 16.3. The van der Waals surface area contributed by atoms with Crippen LogP contribution in [0.4, 0.5) is 0 Å². The van der Waals surface area contributed by atoms with E-state index in [1.807, 2.05) is 0 Å². The van der Waals surface area contributed by atoms with E-state index in [0.717, 1.165) is 44.9 Å². The average Bonchev–Trinajstić information content (AvgIpc) is 3.21. The number of likely N-dealkylation sites (N-methyl/N-ethyl adjacent to an activating group) is 1. The van der Waals surface area contributed by atoms with Gasteiger partial charge in [0.05, 0.1) is 13.2 Å². The van der Waals surface area contributed by atoms with Gasteiger partial charge in [0.1, 0.15) is 6.61 Å². The summed E-state index contributed by atoms with van der Waals surface area (Å²) in [6.45, 7) is 4.23. The van der Waals surface area contributed by atoms with Crippen molar-refractivity contribution in [3.8, 4) is 0 Å². The van der Waals surface area contributed by atoms with E-state index in [2.05, 4.69) is 43.5 Å². The van der Waals surface area contributed by atoms with Gasteiger partial charge in [0, 0.05) is 19.4 Å². The van der Waals surface area contributed by atoms with Crippen LogP contribution in [0.5, 0.6) is 0 Å². The van der Waals surface area contributed by atoms with Crippen molar-refractivity contribution in [1.29, 1.82) is 0 Å². The van der Waals surface area contributed by atoms with Crippen molar-refractivity contribution < 1.29 is 37.6 Å². The van der Waals surface area contributed by atoms with Crippen molar-refractivity contribution in [2.45, 2.75) is 238 Å². The van der Waals surface area contributed by atoms with Gasteiger partial charge in [0.15, 0.2) is 6.10 Å². The SMILES string of the molecule is CCCCC/C=C\C/C=C\CCCCCCCCCCCC(=O)OC(COC(=O)CCCCCCCCCCCCCCCCCCC)COP(=O)(O)OCCNC. The lowest BCUT2D eigenvalue weighted by molar-refractivity contribution is -0.161. The van der Waals surface area contributed by atoms with Crippen LogP contribution in [-0.2, 0) is 32.7 Å². The van der Waals surface area contributed by atoms with E-state index in [1.54, 1.807) is 7.05 Å². The highest BCUT2D eigenvalue weighted by Crippen LogP contribution is 2.43. The largest absolute Gasteiger partial charge is 0.472 e. The Morgan fingerprint density at radius 2 is 0.931 bits per heavy atom. The number of phosphoric acid groups is 1. The van der Waals surface area contributed by atoms with Crippen LogP contribution in [0.25, 0.3) is 0 Å². The Balaban J connectivity index is 4.13. The van der Waals surface area contributed by atoms with E-state index in [9.17, 15) is 19.0 Å². The Morgan fingerprint density at radius 3 is 1.40 bits per heavy atom. The predicted octanol–water partition coefficient (Wildman–Crippen LogP) is 14.2. The second-order valence-corrected chi connectivity index (χ2v) is 17.8. The maximum atomic E-state index is 12.7. The number of hydrogen-bond donors (Lipinski definition) is 2. The van der Waals surface area contributed by atoms with Crippen LogP contribution >= 0.6 is 7.82 Å². The van der Waals surface area contributed by atoms with Crippen molar-refractivity contribution in [2.24, 2.45) is 0 Å². The average molecular weight is 842 g/mol. The van der Waals surface area contributed by atoms with Crippen molar-refractivity contribution >= 4 is 19.8 Å². The number of esters is 2. The molecule has 0 radical (unpaired) electrons. The maximum absolute atomic E-state index is 12.7. The van der Waals surface area contributed by atoms with Gasteiger partial charge in [-0.3, -0.25) is 18.6 Å². The summed E-state index contributed by atoms with van der Waals surface area (Å²) in [5.41, 5.74) is 0. The topological polar surface area (TPSA) is 120 Å². The van der Waals surface area contributed by atoms with Gasteiger partial charge in [0.25, 0.3) is 0 Å². The van der Waals surface area contributed by atoms with E-state index in [-0.39, 0.29) is 25.6 Å². The lowest BCUT2D eigenvalue weighted by Gasteiger charge is -2.20. The summed E-state index contributed by atoms with van der Waals surface area (Å²) < 4.78 is 33.3. The summed E-state index contributed by atoms with van der Waals surface area (Å²) in [4.78, 5) is 35.2. The maximum Gasteiger partial charge on any atom is 0.472 e. The van der Waals surface area contributed by atoms with Crippen LogP contribution in [0.1, 0.15) is 232 Å². The smallest absolute Gasteiger partial charge is 0.462 e. The van der Waals surface area contributed by atoms with Crippen LogP contribution < -0.4 is 5.32 Å². The number of hydrogen-bond acceptors (Lipinski definition) is 8. The van der Waals surface area contributed by atoms with Gasteiger partial charge in [-0.1, -0.05) is 199 Å². The molecule has 0 aliphatic rings. The lowest BCUT2D eigenvalue weighted by atomic mass is 10.0. The van der Waals surface area contributed by atoms with Crippen molar-refractivity contribution in [3.05, 3.63) is 24.3 Å². The van der Waals surface area contributed by atoms with E-state index < -0.39 is 26.5 Å². The highest BCUT2D eigenvalue weighted by molar-refractivity contribution is 7.47. The molecule has 0 fully saturated rings. The van der Waals surface area contributed by atoms with Crippen LogP contribution in [0.2, 0.25) is 0 Å². The quantitative estimate of drug-likeness (QED) is 0.0267. The van der Waals surface area contributed by atoms with Gasteiger partial charge < -0.3 is 19.7 Å². The number of allylic oxidation sites excluding steroid dienone is 4. The summed E-state index contributed by atoms with van der Waals surface area (Å²) >= 11 is 0. The zero-order valence-electron chi connectivity index (χ0n) is 38.0. The monoisotopic (exact) mass is 842 g/mol. The molecule has 0 saturated carbocycles. The normalized spacial score (nSPS) is 13.4. The highest BCUT2D eigenvalue weighted by atomic mass is 31.2. The van der Waals surface area contributed by atoms with Crippen LogP contribution in [0, 0.1) is 0 Å². The number of rotatable bonds is 46. The molecule has 9 nitrogen and oxygen atoms in total. The third-order valence-corrected chi connectivity index (χ3v) is 11.6. The zero-order chi connectivity index (χ0) is 42.5. The molecule has 0 bridgehead atoms. The van der Waals surface area contributed by atoms with Gasteiger partial charge in [-0.05, 0) is 52.0 Å². The molecule has 2 unspecified atom stereocenters. The Labute approximate surface area is 357 Å². The molecule has 0 amide bonds. The molecular formula is C48H92NO8P. The predicted molar refractivity (Wildman–Crippen MR) is 243 cm³/mol. The molecule has 0 aromatic carbocycles. The molecule has 0 saturated heterocycles. The van der Waals surface area contributed by atoms with Crippen molar-refractivity contribution in [1.82, 2.24) is 5.32 Å². The minimum absolute atomic E-state index is 0.0156. The van der Waals surface area contributed by atoms with E-state index in [0.29, 0.717) is 19.4 Å². The summed E-state index contributed by atoms with van der Waals surface area (Å²) in [5.74, 6) is -0.800. The van der Waals surface area contributed by atoms with Crippen LogP contribution in [-0.4, -0.2) is 56.3 Å². The van der Waals surface area contributed by atoms with Gasteiger partial charge >= 0.3 is 19.8 Å². The fourth-order valence-electron chi connectivity index (χ4n) is 6.88. The molecule has 2 N–H and O–H groups in total. The number of phosphoric ester groups is 1. The number of ether oxygens (including phenoxy) is 2. The highest BCUT2D eigenvalue weighted by Gasteiger charge is 2.26. The fourth-order valence-corrected chi connectivity index (χ4v) is 7.63. The van der Waals surface area contributed by atoms with E-state index >= 15 is 0 Å². The summed E-state index contributed by atoms with van der Waals surface area (Å²) in [7, 11) is -2.65. The third-order valence-electron chi connectivity index (χ3n) is 10.6. The Hall–Kier alpha value is -1.51. The number of unbranched alkanes of at least 4 members (excludes halogenated alkanes) is 28. The fraction of sp³-hybridized carbons (Fsp3) is 0.875. The van der Waals surface area contributed by atoms with Gasteiger partial charge in [0.2, 0.25) is 0 Å². The minimum Gasteiger partial charge on any atom is -0.462 e. The Morgan fingerprint density at radius 1 is 0.534 bits per heavy atom. The third kappa shape index (κ3) is 44.1. The first-order valence-corrected chi connectivity index (χ1v) is 25.8. The zero-order valence-corrected chi connectivity index (χ0v) is 38.9. The molecule has 10 heteroatoms. The van der Waals surface area contributed by atoms with E-state index in [4.69, 9.17) is 18.5 Å². The molecule has 0 aromatic rings. The Kier molecular flexibility index (Phi) is 43.9. The molecule has 0 spiro atoms. The first-order chi connectivity index (χ1) is 28.3. The van der Waals surface area contributed by atoms with Gasteiger partial charge in [-0.25, -0.2) is 4.57 Å².